The Morgan fingerprint density at radius 1 is 0.333 bits per heavy atom. The van der Waals surface area contributed by atoms with Crippen LogP contribution in [0.1, 0.15) is 130 Å². The van der Waals surface area contributed by atoms with Crippen molar-refractivity contribution in [2.45, 2.75) is 130 Å². The maximum Gasteiger partial charge on any atom is 0.108 e. The zero-order chi connectivity index (χ0) is 17.7. The molecule has 0 aliphatic carbocycles. The molecule has 0 bridgehead atoms. The molecule has 1 heteroatoms. The zero-order valence-corrected chi connectivity index (χ0v) is 18.4. The Labute approximate surface area is 158 Å². The van der Waals surface area contributed by atoms with Crippen molar-refractivity contribution in [2.24, 2.45) is 0 Å². The van der Waals surface area contributed by atoms with Gasteiger partial charge in [0.15, 0.2) is 0 Å². The lowest BCUT2D eigenvalue weighted by molar-refractivity contribution is 0.621. The molecule has 0 aromatic rings. The van der Waals surface area contributed by atoms with Crippen LogP contribution >= 0.6 is 0 Å². The third-order valence-corrected chi connectivity index (χ3v) is 7.71. The summed E-state index contributed by atoms with van der Waals surface area (Å²) in [4.78, 5) is 0. The molecule has 0 aliphatic rings. The van der Waals surface area contributed by atoms with E-state index >= 15 is 0 Å². The maximum absolute atomic E-state index is 2.32. The van der Waals surface area contributed by atoms with Crippen LogP contribution in [0.15, 0.2) is 0 Å². The molecule has 0 aliphatic heterocycles. The van der Waals surface area contributed by atoms with E-state index in [0.29, 0.717) is 0 Å². The van der Waals surface area contributed by atoms with Gasteiger partial charge >= 0.3 is 0 Å². The summed E-state index contributed by atoms with van der Waals surface area (Å²) in [7, 11) is 0.756. The Bertz CT molecular complexity index is 198. The van der Waals surface area contributed by atoms with E-state index in [-0.39, 0.29) is 0 Å². The van der Waals surface area contributed by atoms with Crippen LogP contribution in [-0.4, -0.2) is 17.3 Å². The summed E-state index contributed by atoms with van der Waals surface area (Å²) >= 11 is 0. The van der Waals surface area contributed by atoms with Crippen LogP contribution in [0.2, 0.25) is 0 Å². The Balaban J connectivity index is 3.74. The van der Waals surface area contributed by atoms with Gasteiger partial charge < -0.3 is 0 Å². The third-order valence-electron chi connectivity index (χ3n) is 5.11. The fourth-order valence-corrected chi connectivity index (χ4v) is 5.84. The van der Waals surface area contributed by atoms with Gasteiger partial charge in [0.05, 0.1) is 0 Å². The van der Waals surface area contributed by atoms with Crippen molar-refractivity contribution < 1.29 is 0 Å². The highest BCUT2D eigenvalue weighted by atomic mass is 32.2. The highest BCUT2D eigenvalue weighted by Gasteiger charge is 2.16. The standard InChI is InChI=1S/C23H49S/c1-4-7-10-13-16-19-22-24(21-18-15-12-9-6-3)23-20-17-14-11-8-5-2/h4-23H2,1-3H3/q+1. The zero-order valence-electron chi connectivity index (χ0n) is 17.6. The second-order valence-electron chi connectivity index (χ2n) is 7.67. The van der Waals surface area contributed by atoms with E-state index in [4.69, 9.17) is 0 Å². The Hall–Kier alpha value is 0.350. The molecule has 0 unspecified atom stereocenters. The molecule has 0 heterocycles. The number of hydrogen-bond acceptors (Lipinski definition) is 0. The first-order valence-electron chi connectivity index (χ1n) is 11.5. The average molecular weight is 358 g/mol. The lowest BCUT2D eigenvalue weighted by Crippen LogP contribution is -2.17. The predicted molar refractivity (Wildman–Crippen MR) is 117 cm³/mol. The molecular weight excluding hydrogens is 308 g/mol. The molecule has 24 heavy (non-hydrogen) atoms. The maximum atomic E-state index is 2.32. The van der Waals surface area contributed by atoms with Crippen molar-refractivity contribution in [1.29, 1.82) is 0 Å². The first kappa shape index (κ1) is 24.4. The largest absolute Gasteiger partial charge is 0.108 e. The minimum Gasteiger partial charge on any atom is -0.0654 e. The minimum atomic E-state index is 0.756. The normalized spacial score (nSPS) is 11.5. The lowest BCUT2D eigenvalue weighted by atomic mass is 10.1. The summed E-state index contributed by atoms with van der Waals surface area (Å²) in [5, 5.41) is 0. The van der Waals surface area contributed by atoms with Crippen LogP contribution in [0, 0.1) is 0 Å². The molecule has 0 amide bonds. The van der Waals surface area contributed by atoms with Crippen LogP contribution < -0.4 is 0 Å². The van der Waals surface area contributed by atoms with Crippen molar-refractivity contribution in [3.05, 3.63) is 0 Å². The van der Waals surface area contributed by atoms with Crippen molar-refractivity contribution >= 4 is 10.9 Å². The fraction of sp³-hybridized carbons (Fsp3) is 1.00. The number of unbranched alkanes of at least 4 members (excludes halogenated alkanes) is 14. The van der Waals surface area contributed by atoms with E-state index in [1.807, 2.05) is 0 Å². The van der Waals surface area contributed by atoms with Crippen LogP contribution in [-0.2, 0) is 10.9 Å². The Morgan fingerprint density at radius 3 is 0.875 bits per heavy atom. The van der Waals surface area contributed by atoms with Crippen molar-refractivity contribution in [3.8, 4) is 0 Å². The van der Waals surface area contributed by atoms with Gasteiger partial charge in [-0.3, -0.25) is 0 Å². The van der Waals surface area contributed by atoms with E-state index in [1.54, 1.807) is 17.3 Å². The van der Waals surface area contributed by atoms with E-state index in [2.05, 4.69) is 20.8 Å². The summed E-state index contributed by atoms with van der Waals surface area (Å²) in [5.41, 5.74) is 0. The van der Waals surface area contributed by atoms with E-state index in [1.165, 1.54) is 109 Å². The molecule has 0 spiro atoms. The highest BCUT2D eigenvalue weighted by molar-refractivity contribution is 7.96. The minimum absolute atomic E-state index is 0.756. The third kappa shape index (κ3) is 18.7. The monoisotopic (exact) mass is 357 g/mol. The van der Waals surface area contributed by atoms with Gasteiger partial charge in [-0.25, -0.2) is 0 Å². The first-order chi connectivity index (χ1) is 11.8. The molecule has 0 saturated heterocycles. The van der Waals surface area contributed by atoms with Crippen LogP contribution in [0.3, 0.4) is 0 Å². The van der Waals surface area contributed by atoms with E-state index in [9.17, 15) is 0 Å². The molecule has 0 fully saturated rings. The SMILES string of the molecule is CCCCCCCC[S+](CCCCCCC)CCCCCCCC. The van der Waals surface area contributed by atoms with Crippen molar-refractivity contribution in [1.82, 2.24) is 0 Å². The van der Waals surface area contributed by atoms with E-state index in [0.717, 1.165) is 10.9 Å². The second kappa shape index (κ2) is 21.4. The van der Waals surface area contributed by atoms with Gasteiger partial charge in [-0.15, -0.1) is 0 Å². The molecule has 0 aromatic heterocycles. The Morgan fingerprint density at radius 2 is 0.583 bits per heavy atom. The number of rotatable bonds is 20. The van der Waals surface area contributed by atoms with Gasteiger partial charge in [0.25, 0.3) is 0 Å². The van der Waals surface area contributed by atoms with Gasteiger partial charge in [0.1, 0.15) is 17.3 Å². The van der Waals surface area contributed by atoms with Crippen molar-refractivity contribution in [2.75, 3.05) is 17.3 Å². The topological polar surface area (TPSA) is 0 Å². The summed E-state index contributed by atoms with van der Waals surface area (Å²) in [6, 6.07) is 0. The van der Waals surface area contributed by atoms with Gasteiger partial charge in [-0.2, -0.15) is 0 Å². The van der Waals surface area contributed by atoms with Gasteiger partial charge in [0, 0.05) is 0 Å². The quantitative estimate of drug-likeness (QED) is 0.152. The second-order valence-corrected chi connectivity index (χ2v) is 10.1. The molecule has 0 nitrogen and oxygen atoms in total. The molecule has 0 atom stereocenters. The summed E-state index contributed by atoms with van der Waals surface area (Å²) in [6.07, 6.45) is 24.9. The first-order valence-corrected chi connectivity index (χ1v) is 13.2. The lowest BCUT2D eigenvalue weighted by Gasteiger charge is -2.10. The van der Waals surface area contributed by atoms with Crippen LogP contribution in [0.5, 0.6) is 0 Å². The van der Waals surface area contributed by atoms with Gasteiger partial charge in [-0.1, -0.05) is 91.4 Å². The van der Waals surface area contributed by atoms with Gasteiger partial charge in [-0.05, 0) is 49.4 Å². The fourth-order valence-electron chi connectivity index (χ4n) is 3.39. The number of hydrogen-bond donors (Lipinski definition) is 0. The van der Waals surface area contributed by atoms with Crippen LogP contribution in [0.4, 0.5) is 0 Å². The molecule has 0 radical (unpaired) electrons. The Kier molecular flexibility index (Phi) is 21.7. The van der Waals surface area contributed by atoms with Gasteiger partial charge in [0.2, 0.25) is 0 Å². The average Bonchev–Trinajstić information content (AvgIpc) is 2.60. The smallest absolute Gasteiger partial charge is 0.0654 e. The molecule has 0 rings (SSSR count). The molecule has 0 aromatic carbocycles. The molecule has 0 saturated carbocycles. The molecular formula is C23H49S+. The van der Waals surface area contributed by atoms with E-state index < -0.39 is 0 Å². The van der Waals surface area contributed by atoms with Crippen LogP contribution in [0.25, 0.3) is 0 Å². The summed E-state index contributed by atoms with van der Waals surface area (Å²) in [6.45, 7) is 6.95. The van der Waals surface area contributed by atoms with Crippen molar-refractivity contribution in [3.63, 3.8) is 0 Å². The highest BCUT2D eigenvalue weighted by Crippen LogP contribution is 2.14. The molecule has 0 N–H and O–H groups in total. The summed E-state index contributed by atoms with van der Waals surface area (Å²) in [5.74, 6) is 4.65. The summed E-state index contributed by atoms with van der Waals surface area (Å²) < 4.78 is 0. The molecule has 146 valence electrons. The predicted octanol–water partition coefficient (Wildman–Crippen LogP) is 8.30.